The summed E-state index contributed by atoms with van der Waals surface area (Å²) in [6, 6.07) is -0.239. The molecule has 0 rings (SSSR count). The van der Waals surface area contributed by atoms with Gasteiger partial charge in [0.15, 0.2) is 0 Å². The van der Waals surface area contributed by atoms with Crippen molar-refractivity contribution in [2.45, 2.75) is 13.3 Å². The van der Waals surface area contributed by atoms with Gasteiger partial charge in [0.2, 0.25) is 0 Å². The molecule has 3 N–H and O–H groups in total. The second kappa shape index (κ2) is 4.14. The van der Waals surface area contributed by atoms with Crippen molar-refractivity contribution in [3.8, 4) is 0 Å². The van der Waals surface area contributed by atoms with Crippen LogP contribution in [0.1, 0.15) is 13.3 Å². The molecule has 0 heterocycles. The first kappa shape index (κ1) is 8.23. The Morgan fingerprint density at radius 2 is 2.33 bits per heavy atom. The Balaban J connectivity index is 3.45. The highest BCUT2D eigenvalue weighted by atomic mass is 16.2. The van der Waals surface area contributed by atoms with Gasteiger partial charge in [-0.1, -0.05) is 6.92 Å². The average molecular weight is 131 g/mol. The van der Waals surface area contributed by atoms with E-state index in [2.05, 4.69) is 0 Å². The van der Waals surface area contributed by atoms with E-state index in [9.17, 15) is 4.79 Å². The van der Waals surface area contributed by atoms with Gasteiger partial charge >= 0.3 is 6.03 Å². The van der Waals surface area contributed by atoms with Crippen LogP contribution < -0.4 is 11.3 Å². The molecular weight excluding hydrogens is 118 g/mol. The third kappa shape index (κ3) is 2.92. The lowest BCUT2D eigenvalue weighted by atomic mass is 10.4. The number of hydrazine groups is 1. The van der Waals surface area contributed by atoms with E-state index in [1.165, 1.54) is 4.90 Å². The summed E-state index contributed by atoms with van der Waals surface area (Å²) in [5.41, 5.74) is 2.04. The first-order valence-electron chi connectivity index (χ1n) is 2.94. The lowest BCUT2D eigenvalue weighted by Crippen LogP contribution is -2.41. The highest BCUT2D eigenvalue weighted by Gasteiger charge is 2.01. The van der Waals surface area contributed by atoms with Gasteiger partial charge in [-0.05, 0) is 6.42 Å². The second-order valence-corrected chi connectivity index (χ2v) is 1.87. The molecule has 9 heavy (non-hydrogen) atoms. The Labute approximate surface area is 55.0 Å². The number of nitrogens with zero attached hydrogens (tertiary/aromatic N) is 1. The van der Waals surface area contributed by atoms with Crippen molar-refractivity contribution in [1.29, 1.82) is 0 Å². The van der Waals surface area contributed by atoms with E-state index in [1.807, 2.05) is 12.3 Å². The number of carbonyl (C=O) groups excluding carboxylic acids is 1. The van der Waals surface area contributed by atoms with Crippen LogP contribution in [0.5, 0.6) is 0 Å². The number of nitrogens with one attached hydrogen (secondary N) is 1. The van der Waals surface area contributed by atoms with Gasteiger partial charge in [-0.3, -0.25) is 5.43 Å². The number of carbonyl (C=O) groups is 1. The van der Waals surface area contributed by atoms with E-state index in [-0.39, 0.29) is 6.03 Å². The van der Waals surface area contributed by atoms with E-state index < -0.39 is 0 Å². The van der Waals surface area contributed by atoms with E-state index in [4.69, 9.17) is 5.84 Å². The predicted molar refractivity (Wildman–Crippen MR) is 35.6 cm³/mol. The summed E-state index contributed by atoms with van der Waals surface area (Å²) in [5.74, 6) is 4.86. The van der Waals surface area contributed by atoms with Crippen LogP contribution in [0, 0.1) is 0 Å². The molecule has 4 heteroatoms. The molecule has 4 nitrogen and oxygen atoms in total. The molecule has 0 aromatic carbocycles. The highest BCUT2D eigenvalue weighted by Crippen LogP contribution is 1.84. The summed E-state index contributed by atoms with van der Waals surface area (Å²) in [4.78, 5) is 12.1. The van der Waals surface area contributed by atoms with E-state index in [0.717, 1.165) is 13.0 Å². The Morgan fingerprint density at radius 1 is 1.78 bits per heavy atom. The molecule has 0 aliphatic heterocycles. The Morgan fingerprint density at radius 3 is 2.67 bits per heavy atom. The summed E-state index contributed by atoms with van der Waals surface area (Å²) in [7, 11) is 1.70. The highest BCUT2D eigenvalue weighted by molar-refractivity contribution is 5.72. The number of rotatable bonds is 2. The average Bonchev–Trinajstić information content (AvgIpc) is 1.87. The molecule has 0 saturated heterocycles. The van der Waals surface area contributed by atoms with Crippen LogP contribution >= 0.6 is 0 Å². The van der Waals surface area contributed by atoms with Crippen molar-refractivity contribution < 1.29 is 4.79 Å². The number of hydrogen-bond acceptors (Lipinski definition) is 2. The molecule has 0 unspecified atom stereocenters. The third-order valence-electron chi connectivity index (χ3n) is 1.03. The zero-order valence-corrected chi connectivity index (χ0v) is 5.85. The lowest BCUT2D eigenvalue weighted by Gasteiger charge is -2.13. The van der Waals surface area contributed by atoms with Gasteiger partial charge in [0.25, 0.3) is 0 Å². The SMILES string of the molecule is CCCN(C)C(=O)NN. The van der Waals surface area contributed by atoms with Crippen molar-refractivity contribution in [1.82, 2.24) is 10.3 Å². The molecule has 0 radical (unpaired) electrons. The van der Waals surface area contributed by atoms with Crippen LogP contribution in [0.15, 0.2) is 0 Å². The van der Waals surface area contributed by atoms with Crippen LogP contribution in [-0.4, -0.2) is 24.5 Å². The fraction of sp³-hybridized carbons (Fsp3) is 0.800. The van der Waals surface area contributed by atoms with Gasteiger partial charge < -0.3 is 4.90 Å². The molecule has 0 bridgehead atoms. The molecule has 0 atom stereocenters. The minimum Gasteiger partial charge on any atom is -0.327 e. The monoisotopic (exact) mass is 131 g/mol. The molecule has 0 aliphatic carbocycles. The van der Waals surface area contributed by atoms with Gasteiger partial charge in [0.1, 0.15) is 0 Å². The molecule has 0 saturated carbocycles. The van der Waals surface area contributed by atoms with E-state index >= 15 is 0 Å². The smallest absolute Gasteiger partial charge is 0.327 e. The zero-order chi connectivity index (χ0) is 7.28. The van der Waals surface area contributed by atoms with Gasteiger partial charge in [0.05, 0.1) is 0 Å². The maximum Gasteiger partial charge on any atom is 0.331 e. The zero-order valence-electron chi connectivity index (χ0n) is 5.85. The van der Waals surface area contributed by atoms with Crippen molar-refractivity contribution in [2.75, 3.05) is 13.6 Å². The van der Waals surface area contributed by atoms with Gasteiger partial charge in [-0.2, -0.15) is 0 Å². The van der Waals surface area contributed by atoms with E-state index in [0.29, 0.717) is 0 Å². The summed E-state index contributed by atoms with van der Waals surface area (Å²) in [6.45, 7) is 2.74. The Bertz CT molecular complexity index is 94.2. The molecule has 54 valence electrons. The maximum absolute atomic E-state index is 10.6. The largest absolute Gasteiger partial charge is 0.331 e. The minimum absolute atomic E-state index is 0.239. The van der Waals surface area contributed by atoms with Crippen LogP contribution in [-0.2, 0) is 0 Å². The topological polar surface area (TPSA) is 58.4 Å². The van der Waals surface area contributed by atoms with Gasteiger partial charge in [-0.15, -0.1) is 0 Å². The predicted octanol–water partition coefficient (Wildman–Crippen LogP) is -0.0885. The third-order valence-corrected chi connectivity index (χ3v) is 1.03. The number of amides is 2. The molecular formula is C5H13N3O. The fourth-order valence-corrected chi connectivity index (χ4v) is 0.547. The quantitative estimate of drug-likeness (QED) is 0.312. The summed E-state index contributed by atoms with van der Waals surface area (Å²) >= 11 is 0. The summed E-state index contributed by atoms with van der Waals surface area (Å²) < 4.78 is 0. The lowest BCUT2D eigenvalue weighted by molar-refractivity contribution is 0.209. The Kier molecular flexibility index (Phi) is 3.79. The van der Waals surface area contributed by atoms with Crippen molar-refractivity contribution in [3.63, 3.8) is 0 Å². The van der Waals surface area contributed by atoms with Crippen molar-refractivity contribution in [3.05, 3.63) is 0 Å². The summed E-state index contributed by atoms with van der Waals surface area (Å²) in [5, 5.41) is 0. The molecule has 0 aromatic heterocycles. The number of hydrogen-bond donors (Lipinski definition) is 2. The summed E-state index contributed by atoms with van der Waals surface area (Å²) in [6.07, 6.45) is 0.948. The van der Waals surface area contributed by atoms with Gasteiger partial charge in [0, 0.05) is 13.6 Å². The molecule has 0 spiro atoms. The number of nitrogens with two attached hydrogens (primary N) is 1. The van der Waals surface area contributed by atoms with Gasteiger partial charge in [-0.25, -0.2) is 10.6 Å². The fourth-order valence-electron chi connectivity index (χ4n) is 0.547. The molecule has 2 amide bonds. The first-order valence-corrected chi connectivity index (χ1v) is 2.94. The Hall–Kier alpha value is -0.770. The standard InChI is InChI=1S/C5H13N3O/c1-3-4-8(2)5(9)7-6/h3-4,6H2,1-2H3,(H,7,9). The molecule has 0 aromatic rings. The molecule has 0 aliphatic rings. The molecule has 0 fully saturated rings. The van der Waals surface area contributed by atoms with Crippen LogP contribution in [0.2, 0.25) is 0 Å². The van der Waals surface area contributed by atoms with E-state index in [1.54, 1.807) is 7.05 Å². The van der Waals surface area contributed by atoms with Crippen molar-refractivity contribution >= 4 is 6.03 Å². The number of urea groups is 1. The van der Waals surface area contributed by atoms with Crippen LogP contribution in [0.3, 0.4) is 0 Å². The second-order valence-electron chi connectivity index (χ2n) is 1.87. The van der Waals surface area contributed by atoms with Crippen molar-refractivity contribution in [2.24, 2.45) is 5.84 Å². The maximum atomic E-state index is 10.6. The van der Waals surface area contributed by atoms with Crippen LogP contribution in [0.4, 0.5) is 4.79 Å². The normalized spacial score (nSPS) is 8.78. The van der Waals surface area contributed by atoms with Crippen LogP contribution in [0.25, 0.3) is 0 Å². The minimum atomic E-state index is -0.239. The first-order chi connectivity index (χ1) is 4.22.